The van der Waals surface area contributed by atoms with Crippen molar-refractivity contribution in [1.82, 2.24) is 10.2 Å². The third kappa shape index (κ3) is 2.60. The molecular formula is C16H32N2. The van der Waals surface area contributed by atoms with Crippen LogP contribution in [0.15, 0.2) is 0 Å². The average Bonchev–Trinajstić information content (AvgIpc) is 2.76. The van der Waals surface area contributed by atoms with Gasteiger partial charge in [0.05, 0.1) is 0 Å². The second kappa shape index (κ2) is 5.13. The van der Waals surface area contributed by atoms with E-state index in [1.807, 2.05) is 0 Å². The molecule has 1 spiro atoms. The van der Waals surface area contributed by atoms with E-state index in [2.05, 4.69) is 44.8 Å². The van der Waals surface area contributed by atoms with E-state index in [0.29, 0.717) is 17.0 Å². The van der Waals surface area contributed by atoms with Gasteiger partial charge in [0.25, 0.3) is 0 Å². The molecule has 1 aliphatic carbocycles. The van der Waals surface area contributed by atoms with Crippen LogP contribution in [0.1, 0.15) is 66.7 Å². The highest BCUT2D eigenvalue weighted by molar-refractivity contribution is 5.04. The highest BCUT2D eigenvalue weighted by Gasteiger charge is 2.46. The van der Waals surface area contributed by atoms with Crippen molar-refractivity contribution in [2.45, 2.75) is 84.3 Å². The van der Waals surface area contributed by atoms with E-state index in [9.17, 15) is 0 Å². The molecule has 1 saturated carbocycles. The molecule has 2 nitrogen and oxygen atoms in total. The van der Waals surface area contributed by atoms with Crippen LogP contribution in [0.2, 0.25) is 0 Å². The van der Waals surface area contributed by atoms with Gasteiger partial charge in [-0.1, -0.05) is 40.5 Å². The van der Waals surface area contributed by atoms with E-state index < -0.39 is 0 Å². The summed E-state index contributed by atoms with van der Waals surface area (Å²) in [5.41, 5.74) is 0.850. The molecule has 1 N–H and O–H groups in total. The van der Waals surface area contributed by atoms with Gasteiger partial charge in [-0.05, 0) is 31.6 Å². The lowest BCUT2D eigenvalue weighted by Crippen LogP contribution is -2.67. The molecule has 0 radical (unpaired) electrons. The Bertz CT molecular complexity index is 273. The summed E-state index contributed by atoms with van der Waals surface area (Å²) >= 11 is 0. The second-order valence-electron chi connectivity index (χ2n) is 7.64. The number of piperazine rings is 1. The van der Waals surface area contributed by atoms with Crippen molar-refractivity contribution in [2.75, 3.05) is 13.1 Å². The van der Waals surface area contributed by atoms with Crippen LogP contribution < -0.4 is 5.32 Å². The number of nitrogens with one attached hydrogen (secondary N) is 1. The van der Waals surface area contributed by atoms with Gasteiger partial charge >= 0.3 is 0 Å². The second-order valence-corrected chi connectivity index (χ2v) is 7.64. The standard InChI is InChI=1S/C16H32N2/c1-6-13(2)18-11-14(15(3,4)5)17-12-16(18)9-7-8-10-16/h13-14,17H,6-12H2,1-5H3. The Morgan fingerprint density at radius 1 is 1.28 bits per heavy atom. The molecule has 18 heavy (non-hydrogen) atoms. The van der Waals surface area contributed by atoms with Gasteiger partial charge in [-0.15, -0.1) is 0 Å². The van der Waals surface area contributed by atoms with Gasteiger partial charge in [0.2, 0.25) is 0 Å². The van der Waals surface area contributed by atoms with Gasteiger partial charge in [-0.3, -0.25) is 4.90 Å². The predicted molar refractivity (Wildman–Crippen MR) is 78.9 cm³/mol. The molecule has 2 fully saturated rings. The summed E-state index contributed by atoms with van der Waals surface area (Å²) in [6.45, 7) is 14.3. The van der Waals surface area contributed by atoms with Crippen molar-refractivity contribution < 1.29 is 0 Å². The Hall–Kier alpha value is -0.0800. The molecule has 2 aliphatic rings. The molecule has 2 heteroatoms. The van der Waals surface area contributed by atoms with E-state index in [0.717, 1.165) is 6.04 Å². The minimum absolute atomic E-state index is 0.367. The normalized spacial score (nSPS) is 30.8. The molecule has 0 aromatic rings. The molecule has 0 amide bonds. The Labute approximate surface area is 114 Å². The number of hydrogen-bond donors (Lipinski definition) is 1. The van der Waals surface area contributed by atoms with Crippen LogP contribution >= 0.6 is 0 Å². The maximum Gasteiger partial charge on any atom is 0.0337 e. The molecule has 0 aromatic carbocycles. The van der Waals surface area contributed by atoms with Gasteiger partial charge < -0.3 is 5.32 Å². The van der Waals surface area contributed by atoms with Crippen LogP contribution in [-0.2, 0) is 0 Å². The molecule has 0 aromatic heterocycles. The van der Waals surface area contributed by atoms with Crippen molar-refractivity contribution in [3.8, 4) is 0 Å². The van der Waals surface area contributed by atoms with Gasteiger partial charge in [0.1, 0.15) is 0 Å². The highest BCUT2D eigenvalue weighted by Crippen LogP contribution is 2.40. The van der Waals surface area contributed by atoms with Crippen LogP contribution in [0, 0.1) is 5.41 Å². The van der Waals surface area contributed by atoms with Crippen LogP contribution in [0.25, 0.3) is 0 Å². The maximum absolute atomic E-state index is 3.86. The summed E-state index contributed by atoms with van der Waals surface area (Å²) in [4.78, 5) is 2.85. The summed E-state index contributed by atoms with van der Waals surface area (Å²) in [7, 11) is 0. The summed E-state index contributed by atoms with van der Waals surface area (Å²) in [5.74, 6) is 0. The quantitative estimate of drug-likeness (QED) is 0.810. The fourth-order valence-electron chi connectivity index (χ4n) is 3.81. The minimum atomic E-state index is 0.367. The summed E-state index contributed by atoms with van der Waals surface area (Å²) in [6.07, 6.45) is 6.94. The van der Waals surface area contributed by atoms with Crippen molar-refractivity contribution in [3.05, 3.63) is 0 Å². The third-order valence-corrected chi connectivity index (χ3v) is 5.37. The highest BCUT2D eigenvalue weighted by atomic mass is 15.3. The first kappa shape index (κ1) is 14.3. The smallest absolute Gasteiger partial charge is 0.0337 e. The van der Waals surface area contributed by atoms with Crippen molar-refractivity contribution >= 4 is 0 Å². The monoisotopic (exact) mass is 252 g/mol. The van der Waals surface area contributed by atoms with Crippen molar-refractivity contribution in [3.63, 3.8) is 0 Å². The Morgan fingerprint density at radius 3 is 2.39 bits per heavy atom. The fourth-order valence-corrected chi connectivity index (χ4v) is 3.81. The Balaban J connectivity index is 2.15. The third-order valence-electron chi connectivity index (χ3n) is 5.37. The van der Waals surface area contributed by atoms with E-state index in [1.54, 1.807) is 0 Å². The van der Waals surface area contributed by atoms with E-state index >= 15 is 0 Å². The fraction of sp³-hybridized carbons (Fsp3) is 1.00. The van der Waals surface area contributed by atoms with E-state index in [1.165, 1.54) is 45.2 Å². The first-order valence-electron chi connectivity index (χ1n) is 7.89. The molecule has 1 aliphatic heterocycles. The Kier molecular flexibility index (Phi) is 4.08. The van der Waals surface area contributed by atoms with Crippen LogP contribution in [0.5, 0.6) is 0 Å². The lowest BCUT2D eigenvalue weighted by molar-refractivity contribution is -0.0113. The molecule has 2 unspecified atom stereocenters. The summed E-state index contributed by atoms with van der Waals surface area (Å²) < 4.78 is 0. The topological polar surface area (TPSA) is 15.3 Å². The molecule has 0 bridgehead atoms. The largest absolute Gasteiger partial charge is 0.310 e. The first-order valence-corrected chi connectivity index (χ1v) is 7.89. The zero-order chi connectivity index (χ0) is 13.4. The van der Waals surface area contributed by atoms with E-state index in [-0.39, 0.29) is 0 Å². The number of rotatable bonds is 2. The van der Waals surface area contributed by atoms with Crippen LogP contribution in [-0.4, -0.2) is 35.6 Å². The molecule has 1 saturated heterocycles. The number of hydrogen-bond acceptors (Lipinski definition) is 2. The summed E-state index contributed by atoms with van der Waals surface area (Å²) in [6, 6.07) is 1.37. The van der Waals surface area contributed by atoms with Gasteiger partial charge in [0.15, 0.2) is 0 Å². The summed E-state index contributed by atoms with van der Waals surface area (Å²) in [5, 5.41) is 3.86. The van der Waals surface area contributed by atoms with Crippen LogP contribution in [0.4, 0.5) is 0 Å². The zero-order valence-electron chi connectivity index (χ0n) is 13.1. The van der Waals surface area contributed by atoms with Crippen molar-refractivity contribution in [2.24, 2.45) is 5.41 Å². The van der Waals surface area contributed by atoms with Gasteiger partial charge in [-0.25, -0.2) is 0 Å². The lowest BCUT2D eigenvalue weighted by Gasteiger charge is -2.53. The van der Waals surface area contributed by atoms with Crippen molar-refractivity contribution in [1.29, 1.82) is 0 Å². The lowest BCUT2D eigenvalue weighted by atomic mass is 9.80. The van der Waals surface area contributed by atoms with E-state index in [4.69, 9.17) is 0 Å². The Morgan fingerprint density at radius 2 is 1.89 bits per heavy atom. The average molecular weight is 252 g/mol. The molecular weight excluding hydrogens is 220 g/mol. The van der Waals surface area contributed by atoms with Gasteiger partial charge in [0, 0.05) is 30.7 Å². The molecule has 2 rings (SSSR count). The predicted octanol–water partition coefficient (Wildman–Crippen LogP) is 3.42. The SMILES string of the molecule is CCC(C)N1CC(C(C)(C)C)NCC12CCCC2. The molecule has 1 heterocycles. The number of nitrogens with zero attached hydrogens (tertiary/aromatic N) is 1. The maximum atomic E-state index is 3.86. The van der Waals surface area contributed by atoms with Crippen LogP contribution in [0.3, 0.4) is 0 Å². The minimum Gasteiger partial charge on any atom is -0.310 e. The molecule has 106 valence electrons. The zero-order valence-corrected chi connectivity index (χ0v) is 13.1. The molecule has 2 atom stereocenters. The van der Waals surface area contributed by atoms with Gasteiger partial charge in [-0.2, -0.15) is 0 Å². The first-order chi connectivity index (χ1) is 8.39.